The molecule has 128 valence electrons. The molecule has 5 nitrogen and oxygen atoms in total. The average molecular weight is 344 g/mol. The van der Waals surface area contributed by atoms with E-state index in [2.05, 4.69) is 41.2 Å². The van der Waals surface area contributed by atoms with Gasteiger partial charge in [-0.3, -0.25) is 9.89 Å². The fourth-order valence-electron chi connectivity index (χ4n) is 2.57. The monoisotopic (exact) mass is 344 g/mol. The third-order valence-electron chi connectivity index (χ3n) is 4.14. The fourth-order valence-corrected chi connectivity index (χ4v) is 3.27. The van der Waals surface area contributed by atoms with Gasteiger partial charge in [0.25, 0.3) is 0 Å². The minimum absolute atomic E-state index is 0.190. The first-order chi connectivity index (χ1) is 11.7. The molecule has 2 aromatic rings. The first-order valence-corrected chi connectivity index (χ1v) is 9.54. The van der Waals surface area contributed by atoms with Crippen LogP contribution in [0, 0.1) is 12.8 Å². The smallest absolute Gasteiger partial charge is 0.233 e. The van der Waals surface area contributed by atoms with Gasteiger partial charge in [0, 0.05) is 18.7 Å². The lowest BCUT2D eigenvalue weighted by molar-refractivity contribution is -0.128. The lowest BCUT2D eigenvalue weighted by Crippen LogP contribution is -2.34. The molecule has 0 bridgehead atoms. The molecule has 0 radical (unpaired) electrons. The van der Waals surface area contributed by atoms with Crippen molar-refractivity contribution in [2.24, 2.45) is 5.92 Å². The van der Waals surface area contributed by atoms with Gasteiger partial charge in [0.1, 0.15) is 0 Å². The second-order valence-electron chi connectivity index (χ2n) is 6.40. The quantitative estimate of drug-likeness (QED) is 0.744. The van der Waals surface area contributed by atoms with Crippen LogP contribution in [-0.4, -0.2) is 44.8 Å². The highest BCUT2D eigenvalue weighted by atomic mass is 32.2. The number of hydrogen-bond acceptors (Lipinski definition) is 4. The molecule has 1 aromatic carbocycles. The zero-order chi connectivity index (χ0) is 16.9. The van der Waals surface area contributed by atoms with E-state index in [0.29, 0.717) is 10.9 Å². The van der Waals surface area contributed by atoms with Gasteiger partial charge in [-0.15, -0.1) is 5.10 Å². The molecular formula is C18H24N4OS. The van der Waals surface area contributed by atoms with Crippen molar-refractivity contribution in [3.05, 3.63) is 29.8 Å². The van der Waals surface area contributed by atoms with Gasteiger partial charge in [-0.2, -0.15) is 0 Å². The molecule has 0 unspecified atom stereocenters. The van der Waals surface area contributed by atoms with Crippen LogP contribution in [-0.2, 0) is 4.79 Å². The molecular weight excluding hydrogens is 320 g/mol. The molecule has 1 saturated carbocycles. The van der Waals surface area contributed by atoms with E-state index in [4.69, 9.17) is 0 Å². The van der Waals surface area contributed by atoms with Crippen LogP contribution in [0.3, 0.4) is 0 Å². The Bertz CT molecular complexity index is 679. The summed E-state index contributed by atoms with van der Waals surface area (Å²) in [7, 11) is 0. The highest BCUT2D eigenvalue weighted by Crippen LogP contribution is 2.30. The predicted octanol–water partition coefficient (Wildman–Crippen LogP) is 3.52. The molecule has 1 N–H and O–H groups in total. The van der Waals surface area contributed by atoms with E-state index in [1.54, 1.807) is 0 Å². The second kappa shape index (κ2) is 7.83. The second-order valence-corrected chi connectivity index (χ2v) is 7.35. The van der Waals surface area contributed by atoms with Crippen molar-refractivity contribution in [1.82, 2.24) is 20.1 Å². The summed E-state index contributed by atoms with van der Waals surface area (Å²) in [6.07, 6.45) is 3.53. The lowest BCUT2D eigenvalue weighted by atomic mass is 10.1. The number of nitrogens with zero attached hydrogens (tertiary/aromatic N) is 3. The third kappa shape index (κ3) is 4.60. The summed E-state index contributed by atoms with van der Waals surface area (Å²) in [4.78, 5) is 18.9. The Morgan fingerprint density at radius 1 is 1.33 bits per heavy atom. The zero-order valence-electron chi connectivity index (χ0n) is 14.3. The summed E-state index contributed by atoms with van der Waals surface area (Å²) >= 11 is 1.40. The van der Waals surface area contributed by atoms with E-state index < -0.39 is 0 Å². The minimum atomic E-state index is 0.190. The number of benzene rings is 1. The van der Waals surface area contributed by atoms with Crippen LogP contribution in [0.15, 0.2) is 29.4 Å². The topological polar surface area (TPSA) is 61.9 Å². The zero-order valence-corrected chi connectivity index (χ0v) is 15.1. The van der Waals surface area contributed by atoms with Crippen LogP contribution < -0.4 is 0 Å². The maximum Gasteiger partial charge on any atom is 0.233 e. The first kappa shape index (κ1) is 17.0. The SMILES string of the molecule is CCCN(CC1CC1)C(=O)CSc1n[nH]c(-c2ccc(C)cc2)n1. The van der Waals surface area contributed by atoms with Gasteiger partial charge in [-0.1, -0.05) is 48.5 Å². The number of aromatic nitrogens is 3. The van der Waals surface area contributed by atoms with Crippen LogP contribution in [0.5, 0.6) is 0 Å². The maximum absolute atomic E-state index is 12.4. The van der Waals surface area contributed by atoms with E-state index in [1.807, 2.05) is 17.0 Å². The summed E-state index contributed by atoms with van der Waals surface area (Å²) in [5.41, 5.74) is 2.22. The molecule has 0 spiro atoms. The van der Waals surface area contributed by atoms with E-state index >= 15 is 0 Å². The Labute approximate surface area is 147 Å². The van der Waals surface area contributed by atoms with Crippen LogP contribution in [0.25, 0.3) is 11.4 Å². The van der Waals surface area contributed by atoms with Gasteiger partial charge >= 0.3 is 0 Å². The molecule has 1 aromatic heterocycles. The van der Waals surface area contributed by atoms with Gasteiger partial charge in [0.05, 0.1) is 5.75 Å². The molecule has 0 aliphatic heterocycles. The van der Waals surface area contributed by atoms with Crippen LogP contribution in [0.2, 0.25) is 0 Å². The normalized spacial score (nSPS) is 13.9. The molecule has 1 heterocycles. The van der Waals surface area contributed by atoms with Gasteiger partial charge in [-0.25, -0.2) is 4.98 Å². The molecule has 0 atom stereocenters. The Balaban J connectivity index is 1.56. The standard InChI is InChI=1S/C18H24N4OS/c1-3-10-22(11-14-6-7-14)16(23)12-24-18-19-17(20-21-18)15-8-4-13(2)5-9-15/h4-5,8-9,14H,3,6-7,10-12H2,1-2H3,(H,19,20,21). The van der Waals surface area contributed by atoms with Gasteiger partial charge in [0.2, 0.25) is 11.1 Å². The molecule has 24 heavy (non-hydrogen) atoms. The number of amides is 1. The van der Waals surface area contributed by atoms with Crippen molar-refractivity contribution < 1.29 is 4.79 Å². The predicted molar refractivity (Wildman–Crippen MR) is 96.9 cm³/mol. The molecule has 1 amide bonds. The van der Waals surface area contributed by atoms with Crippen molar-refractivity contribution in [2.75, 3.05) is 18.8 Å². The molecule has 1 aliphatic rings. The van der Waals surface area contributed by atoms with Gasteiger partial charge < -0.3 is 4.90 Å². The maximum atomic E-state index is 12.4. The van der Waals surface area contributed by atoms with E-state index in [-0.39, 0.29) is 5.91 Å². The summed E-state index contributed by atoms with van der Waals surface area (Å²) < 4.78 is 0. The van der Waals surface area contributed by atoms with E-state index in [0.717, 1.165) is 36.8 Å². The van der Waals surface area contributed by atoms with Gasteiger partial charge in [0.15, 0.2) is 5.82 Å². The van der Waals surface area contributed by atoms with Crippen molar-refractivity contribution >= 4 is 17.7 Å². The molecule has 3 rings (SSSR count). The number of rotatable bonds is 8. The fraction of sp³-hybridized carbons (Fsp3) is 0.500. The number of hydrogen-bond donors (Lipinski definition) is 1. The van der Waals surface area contributed by atoms with Crippen molar-refractivity contribution in [3.8, 4) is 11.4 Å². The van der Waals surface area contributed by atoms with Crippen molar-refractivity contribution in [2.45, 2.75) is 38.3 Å². The first-order valence-electron chi connectivity index (χ1n) is 8.55. The summed E-state index contributed by atoms with van der Waals surface area (Å²) in [6, 6.07) is 8.14. The molecule has 0 saturated heterocycles. The highest BCUT2D eigenvalue weighted by Gasteiger charge is 2.26. The van der Waals surface area contributed by atoms with Crippen molar-refractivity contribution in [3.63, 3.8) is 0 Å². The Morgan fingerprint density at radius 3 is 2.75 bits per heavy atom. The number of carbonyl (C=O) groups excluding carboxylic acids is 1. The lowest BCUT2D eigenvalue weighted by Gasteiger charge is -2.21. The highest BCUT2D eigenvalue weighted by molar-refractivity contribution is 7.99. The van der Waals surface area contributed by atoms with Gasteiger partial charge in [-0.05, 0) is 32.1 Å². The molecule has 6 heteroatoms. The Hall–Kier alpha value is -1.82. The third-order valence-corrected chi connectivity index (χ3v) is 4.97. The van der Waals surface area contributed by atoms with Crippen LogP contribution in [0.4, 0.5) is 0 Å². The Kier molecular flexibility index (Phi) is 5.56. The Morgan fingerprint density at radius 2 is 2.08 bits per heavy atom. The molecule has 1 fully saturated rings. The number of nitrogens with one attached hydrogen (secondary N) is 1. The minimum Gasteiger partial charge on any atom is -0.342 e. The van der Waals surface area contributed by atoms with Crippen LogP contribution in [0.1, 0.15) is 31.7 Å². The summed E-state index contributed by atoms with van der Waals surface area (Å²) in [6.45, 7) is 5.93. The average Bonchev–Trinajstić information content (AvgIpc) is 3.28. The number of carbonyl (C=O) groups is 1. The number of aromatic amines is 1. The molecule has 1 aliphatic carbocycles. The van der Waals surface area contributed by atoms with Crippen molar-refractivity contribution in [1.29, 1.82) is 0 Å². The summed E-state index contributed by atoms with van der Waals surface area (Å²) in [5, 5.41) is 7.80. The number of thioether (sulfide) groups is 1. The number of aryl methyl sites for hydroxylation is 1. The van der Waals surface area contributed by atoms with E-state index in [9.17, 15) is 4.79 Å². The van der Waals surface area contributed by atoms with E-state index in [1.165, 1.54) is 30.2 Å². The number of H-pyrrole nitrogens is 1. The largest absolute Gasteiger partial charge is 0.342 e. The summed E-state index contributed by atoms with van der Waals surface area (Å²) in [5.74, 6) is 2.06. The van der Waals surface area contributed by atoms with Crippen LogP contribution >= 0.6 is 11.8 Å².